The zero-order chi connectivity index (χ0) is 39.3. The number of halogens is 2. The third kappa shape index (κ3) is 12.4. The zero-order valence-electron chi connectivity index (χ0n) is 33.1. The van der Waals surface area contributed by atoms with Crippen molar-refractivity contribution in [3.05, 3.63) is 29.3 Å². The Balaban J connectivity index is 0.000000354. The standard InChI is InChI=1S/C26H37NO3.C6H14.C5H7B3F2S.C2H6.CH2O2/c1-26-9-8-22-21-5-3-20(27-13-18-15-29-16-19(18)14-27)12-17(21)2-4-23(22)24(26)6-7-25(26)30-11-10-28;1-5-6(2,3)4;6-4(9,2-1-3-11)5(7,8)10;1-2;2-1-3/h3,5,12,18-19,22-25,28H,2,4,6-11,13-16H2,1H3;5H2,1-4H3;11H,1-3H2;1-2H3;1H,(H,2,3). The number of carboxylic acid groups (broad SMARTS) is 1. The second-order valence-electron chi connectivity index (χ2n) is 16.4. The third-order valence-corrected chi connectivity index (χ3v) is 12.4. The number of hydrogen-bond acceptors (Lipinski definition) is 6. The Bertz CT molecular complexity index is 1190. The minimum atomic E-state index is -2.98. The number of aryl methyl sites for hydroxylation is 1. The van der Waals surface area contributed by atoms with Crippen LogP contribution in [-0.2, 0) is 20.7 Å². The molecule has 2 N–H and O–H groups in total. The number of nitrogens with zero attached hydrogens (tertiary/aromatic N) is 1. The smallest absolute Gasteiger partial charge is 0.290 e. The number of rotatable bonds is 8. The summed E-state index contributed by atoms with van der Waals surface area (Å²) in [5, 5.41) is 16.1. The number of alkyl halides is 2. The van der Waals surface area contributed by atoms with Gasteiger partial charge < -0.3 is 24.6 Å². The second-order valence-corrected chi connectivity index (χ2v) is 16.9. The number of benzene rings is 1. The number of aliphatic hydroxyl groups excluding tert-OH is 1. The maximum Gasteiger partial charge on any atom is 0.290 e. The first-order chi connectivity index (χ1) is 24.5. The van der Waals surface area contributed by atoms with Gasteiger partial charge in [0, 0.05) is 30.6 Å². The van der Waals surface area contributed by atoms with Gasteiger partial charge in [-0.3, -0.25) is 13.6 Å². The monoisotopic (exact) mass is 743 g/mol. The quantitative estimate of drug-likeness (QED) is 0.144. The molecule has 2 heterocycles. The lowest BCUT2D eigenvalue weighted by atomic mass is 9.50. The van der Waals surface area contributed by atoms with Gasteiger partial charge in [-0.05, 0) is 109 Å². The molecule has 5 aliphatic rings. The predicted molar refractivity (Wildman–Crippen MR) is 216 cm³/mol. The van der Waals surface area contributed by atoms with Gasteiger partial charge >= 0.3 is 0 Å². The number of hydrogen-bond donors (Lipinski definition) is 3. The van der Waals surface area contributed by atoms with E-state index in [0.29, 0.717) is 35.7 Å². The molecule has 3 aliphatic carbocycles. The highest BCUT2D eigenvalue weighted by Crippen LogP contribution is 2.61. The Kier molecular flexibility index (Phi) is 19.1. The van der Waals surface area contributed by atoms with Crippen LogP contribution in [-0.4, -0.2) is 103 Å². The van der Waals surface area contributed by atoms with Gasteiger partial charge in [-0.1, -0.05) is 61.0 Å². The molecule has 0 bridgehead atoms. The van der Waals surface area contributed by atoms with Crippen LogP contribution in [0.25, 0.3) is 0 Å². The van der Waals surface area contributed by atoms with Crippen LogP contribution in [0.15, 0.2) is 18.2 Å². The summed E-state index contributed by atoms with van der Waals surface area (Å²) in [6.45, 7) is 20.1. The Labute approximate surface area is 324 Å². The van der Waals surface area contributed by atoms with Crippen molar-refractivity contribution in [1.82, 2.24) is 0 Å². The van der Waals surface area contributed by atoms with Gasteiger partial charge in [0.25, 0.3) is 6.47 Å². The molecule has 12 heteroatoms. The number of fused-ring (bicyclic) bond motifs is 6. The van der Waals surface area contributed by atoms with Crippen molar-refractivity contribution in [1.29, 1.82) is 0 Å². The summed E-state index contributed by atoms with van der Waals surface area (Å²) < 4.78 is 37.2. The van der Waals surface area contributed by atoms with Crippen molar-refractivity contribution in [3.63, 3.8) is 0 Å². The summed E-state index contributed by atoms with van der Waals surface area (Å²) in [6, 6.07) is 7.44. The van der Waals surface area contributed by atoms with Gasteiger partial charge in [0.2, 0.25) is 0 Å². The molecule has 0 spiro atoms. The van der Waals surface area contributed by atoms with E-state index in [2.05, 4.69) is 86.0 Å². The molecule has 6 rings (SSSR count). The van der Waals surface area contributed by atoms with E-state index in [0.717, 1.165) is 42.8 Å². The van der Waals surface area contributed by atoms with Crippen LogP contribution in [0.4, 0.5) is 14.5 Å². The molecule has 1 aromatic carbocycles. The lowest BCUT2D eigenvalue weighted by Gasteiger charge is -2.50. The predicted octanol–water partition coefficient (Wildman–Crippen LogP) is 7.66. The normalized spacial score (nSPS) is 29.7. The summed E-state index contributed by atoms with van der Waals surface area (Å²) in [4.78, 5) is 11.0. The van der Waals surface area contributed by atoms with Crippen LogP contribution in [0.3, 0.4) is 0 Å². The molecule has 8 atom stereocenters. The number of carbonyl (C=O) groups is 1. The van der Waals surface area contributed by atoms with E-state index in [-0.39, 0.29) is 19.5 Å². The molecular formula is C40H66B3F2NO5S. The van der Waals surface area contributed by atoms with Crippen molar-refractivity contribution in [3.8, 4) is 0 Å². The van der Waals surface area contributed by atoms with Gasteiger partial charge in [0.15, 0.2) is 0 Å². The van der Waals surface area contributed by atoms with Crippen molar-refractivity contribution in [2.24, 2.45) is 34.5 Å². The molecular weight excluding hydrogens is 677 g/mol. The largest absolute Gasteiger partial charge is 0.483 e. The summed E-state index contributed by atoms with van der Waals surface area (Å²) >= 11 is 3.80. The van der Waals surface area contributed by atoms with Crippen molar-refractivity contribution in [2.45, 2.75) is 129 Å². The first-order valence-electron chi connectivity index (χ1n) is 19.6. The van der Waals surface area contributed by atoms with Crippen molar-refractivity contribution in [2.75, 3.05) is 50.2 Å². The molecule has 290 valence electrons. The Hall–Kier alpha value is -1.23. The number of thiol groups is 1. The average molecular weight is 743 g/mol. The Morgan fingerprint density at radius 2 is 1.67 bits per heavy atom. The molecule has 2 saturated heterocycles. The van der Waals surface area contributed by atoms with Gasteiger partial charge in [-0.25, -0.2) is 0 Å². The van der Waals surface area contributed by atoms with Gasteiger partial charge in [-0.15, -0.1) is 0 Å². The number of ether oxygens (including phenoxy) is 2. The molecule has 1 aromatic rings. The minimum Gasteiger partial charge on any atom is -0.483 e. The molecule has 0 aromatic heterocycles. The van der Waals surface area contributed by atoms with Crippen LogP contribution in [0, 0.1) is 34.5 Å². The van der Waals surface area contributed by atoms with Crippen molar-refractivity contribution < 1.29 is 33.3 Å². The molecule has 8 unspecified atom stereocenters. The SMILES string of the molecule is CC.CC12CCC3c4ccc(N5CC6COCC6C5)cc4CCC3C1CCC2OCCO.CCC(C)(C)C.O=CO.[B]C([B])(F)C([B])(F)CCCS. The van der Waals surface area contributed by atoms with E-state index in [4.69, 9.17) is 27.2 Å². The topological polar surface area (TPSA) is 79.2 Å². The maximum absolute atomic E-state index is 12.9. The fourth-order valence-electron chi connectivity index (χ4n) is 8.61. The summed E-state index contributed by atoms with van der Waals surface area (Å²) in [5.41, 5.74) is -0.0775. The third-order valence-electron chi connectivity index (χ3n) is 12.0. The lowest BCUT2D eigenvalue weighted by molar-refractivity contribution is -0.122. The summed E-state index contributed by atoms with van der Waals surface area (Å²) in [6.07, 6.45) is 9.34. The molecule has 6 nitrogen and oxygen atoms in total. The highest BCUT2D eigenvalue weighted by atomic mass is 32.1. The van der Waals surface area contributed by atoms with Gasteiger partial charge in [0.1, 0.15) is 23.5 Å². The lowest BCUT2D eigenvalue weighted by Crippen LogP contribution is -2.49. The Morgan fingerprint density at radius 1 is 1.08 bits per heavy atom. The van der Waals surface area contributed by atoms with Crippen molar-refractivity contribution >= 4 is 48.3 Å². The van der Waals surface area contributed by atoms with E-state index in [1.54, 1.807) is 11.1 Å². The highest BCUT2D eigenvalue weighted by Gasteiger charge is 2.55. The van der Waals surface area contributed by atoms with E-state index in [1.807, 2.05) is 13.8 Å². The van der Waals surface area contributed by atoms with Crippen LogP contribution in [0.1, 0.15) is 117 Å². The van der Waals surface area contributed by atoms with Crippen LogP contribution < -0.4 is 4.90 Å². The molecule has 0 amide bonds. The maximum atomic E-state index is 12.9. The molecule has 52 heavy (non-hydrogen) atoms. The second kappa shape index (κ2) is 21.2. The average Bonchev–Trinajstić information content (AvgIpc) is 3.81. The highest BCUT2D eigenvalue weighted by molar-refractivity contribution is 7.80. The fraction of sp³-hybridized carbons (Fsp3) is 0.825. The van der Waals surface area contributed by atoms with E-state index in [1.165, 1.54) is 63.7 Å². The molecule has 4 fully saturated rings. The van der Waals surface area contributed by atoms with Crippen LogP contribution >= 0.6 is 12.6 Å². The fourth-order valence-corrected chi connectivity index (χ4v) is 8.77. The zero-order valence-corrected chi connectivity index (χ0v) is 34.0. The first kappa shape index (κ1) is 46.9. The van der Waals surface area contributed by atoms with Crippen LogP contribution in [0.5, 0.6) is 0 Å². The number of aliphatic hydroxyl groups is 1. The summed E-state index contributed by atoms with van der Waals surface area (Å²) in [5.74, 6) is 4.23. The molecule has 6 radical (unpaired) electrons. The minimum absolute atomic E-state index is 0.143. The number of anilines is 1. The Morgan fingerprint density at radius 3 is 2.19 bits per heavy atom. The van der Waals surface area contributed by atoms with Gasteiger partial charge in [0.05, 0.1) is 43.6 Å². The molecule has 2 aliphatic heterocycles. The van der Waals surface area contributed by atoms with Gasteiger partial charge in [-0.2, -0.15) is 12.6 Å². The van der Waals surface area contributed by atoms with E-state index in [9.17, 15) is 13.9 Å². The van der Waals surface area contributed by atoms with E-state index >= 15 is 0 Å². The van der Waals surface area contributed by atoms with Crippen LogP contribution in [0.2, 0.25) is 0 Å². The van der Waals surface area contributed by atoms with E-state index < -0.39 is 11.0 Å². The summed E-state index contributed by atoms with van der Waals surface area (Å²) in [7, 11) is 14.1. The molecule has 2 saturated carbocycles. The first-order valence-corrected chi connectivity index (χ1v) is 20.2.